The van der Waals surface area contributed by atoms with E-state index in [2.05, 4.69) is 22.6 Å². The summed E-state index contributed by atoms with van der Waals surface area (Å²) in [5.41, 5.74) is 0.928. The van der Waals surface area contributed by atoms with Crippen LogP contribution in [0.15, 0.2) is 52.0 Å². The van der Waals surface area contributed by atoms with Gasteiger partial charge in [-0.2, -0.15) is 0 Å². The minimum absolute atomic E-state index is 0.253. The van der Waals surface area contributed by atoms with Crippen molar-refractivity contribution in [2.75, 3.05) is 0 Å². The van der Waals surface area contributed by atoms with Crippen LogP contribution in [0.5, 0.6) is 0 Å². The molecule has 1 fully saturated rings. The largest absolute Gasteiger partial charge is 0.465 e. The second-order valence-corrected chi connectivity index (χ2v) is 6.65. The molecule has 1 aromatic heterocycles. The molecule has 1 saturated heterocycles. The van der Waals surface area contributed by atoms with Gasteiger partial charge in [0.15, 0.2) is 0 Å². The summed E-state index contributed by atoms with van der Waals surface area (Å²) in [5, 5.41) is -0.253. The van der Waals surface area contributed by atoms with Crippen LogP contribution in [0.4, 0.5) is 4.79 Å². The standard InChI is InChI=1S/C15H10INO3S/c16-11-5-3-10(4-6-11)9-17-14(18)13(21-15(17)19)8-12-2-1-7-20-12/h1-8H,9H2/b13-8-. The number of carbonyl (C=O) groups excluding carboxylic acids is 2. The first kappa shape index (κ1) is 14.4. The van der Waals surface area contributed by atoms with Crippen LogP contribution in [0.1, 0.15) is 11.3 Å². The molecule has 0 unspecified atom stereocenters. The van der Waals surface area contributed by atoms with Gasteiger partial charge in [0.25, 0.3) is 11.1 Å². The van der Waals surface area contributed by atoms with Crippen molar-refractivity contribution >= 4 is 51.6 Å². The van der Waals surface area contributed by atoms with Gasteiger partial charge < -0.3 is 4.42 Å². The Morgan fingerprint density at radius 1 is 1.19 bits per heavy atom. The smallest absolute Gasteiger partial charge is 0.293 e. The monoisotopic (exact) mass is 411 g/mol. The highest BCUT2D eigenvalue weighted by atomic mass is 127. The Kier molecular flexibility index (Phi) is 4.16. The van der Waals surface area contributed by atoms with Gasteiger partial charge in [0, 0.05) is 9.65 Å². The van der Waals surface area contributed by atoms with E-state index in [1.807, 2.05) is 24.3 Å². The van der Waals surface area contributed by atoms with Crippen LogP contribution in [0.25, 0.3) is 6.08 Å². The van der Waals surface area contributed by atoms with Gasteiger partial charge in [-0.1, -0.05) is 12.1 Å². The Balaban J connectivity index is 1.79. The first-order valence-corrected chi connectivity index (χ1v) is 8.06. The maximum absolute atomic E-state index is 12.3. The molecule has 0 spiro atoms. The van der Waals surface area contributed by atoms with E-state index in [1.54, 1.807) is 18.2 Å². The lowest BCUT2D eigenvalue weighted by Crippen LogP contribution is -2.27. The normalized spacial score (nSPS) is 17.0. The molecule has 0 saturated carbocycles. The van der Waals surface area contributed by atoms with E-state index in [9.17, 15) is 9.59 Å². The van der Waals surface area contributed by atoms with E-state index in [0.717, 1.165) is 20.9 Å². The molecular weight excluding hydrogens is 401 g/mol. The van der Waals surface area contributed by atoms with Gasteiger partial charge in [0.05, 0.1) is 17.7 Å². The number of hydrogen-bond acceptors (Lipinski definition) is 4. The van der Waals surface area contributed by atoms with Crippen LogP contribution in [-0.2, 0) is 11.3 Å². The molecule has 106 valence electrons. The second-order valence-electron chi connectivity index (χ2n) is 4.41. The van der Waals surface area contributed by atoms with E-state index in [4.69, 9.17) is 4.42 Å². The minimum Gasteiger partial charge on any atom is -0.465 e. The Morgan fingerprint density at radius 2 is 1.95 bits per heavy atom. The molecule has 1 aliphatic heterocycles. The summed E-state index contributed by atoms with van der Waals surface area (Å²) in [6, 6.07) is 11.2. The van der Waals surface area contributed by atoms with Crippen molar-refractivity contribution in [2.24, 2.45) is 0 Å². The number of imide groups is 1. The molecule has 2 heterocycles. The van der Waals surface area contributed by atoms with Crippen LogP contribution < -0.4 is 0 Å². The van der Waals surface area contributed by atoms with Crippen LogP contribution >= 0.6 is 34.4 Å². The lowest BCUT2D eigenvalue weighted by Gasteiger charge is -2.12. The number of benzene rings is 1. The van der Waals surface area contributed by atoms with Gasteiger partial charge in [0.2, 0.25) is 0 Å². The molecule has 1 aliphatic rings. The fraction of sp³-hybridized carbons (Fsp3) is 0.0667. The van der Waals surface area contributed by atoms with Crippen LogP contribution in [0.3, 0.4) is 0 Å². The Labute approximate surface area is 139 Å². The number of nitrogens with zero attached hydrogens (tertiary/aromatic N) is 1. The molecule has 0 radical (unpaired) electrons. The first-order valence-electron chi connectivity index (χ1n) is 6.17. The van der Waals surface area contributed by atoms with Crippen molar-refractivity contribution in [1.29, 1.82) is 0 Å². The van der Waals surface area contributed by atoms with Gasteiger partial charge in [-0.25, -0.2) is 0 Å². The predicted octanol–water partition coefficient (Wildman–Crippen LogP) is 4.12. The minimum atomic E-state index is -0.278. The summed E-state index contributed by atoms with van der Waals surface area (Å²) in [4.78, 5) is 25.9. The topological polar surface area (TPSA) is 50.5 Å². The molecule has 0 aliphatic carbocycles. The zero-order valence-corrected chi connectivity index (χ0v) is 13.8. The molecule has 3 rings (SSSR count). The van der Waals surface area contributed by atoms with Crippen LogP contribution in [0.2, 0.25) is 0 Å². The highest BCUT2D eigenvalue weighted by Crippen LogP contribution is 2.33. The predicted molar refractivity (Wildman–Crippen MR) is 89.4 cm³/mol. The Morgan fingerprint density at radius 3 is 2.62 bits per heavy atom. The molecule has 0 atom stereocenters. The van der Waals surface area contributed by atoms with Crippen molar-refractivity contribution in [3.63, 3.8) is 0 Å². The summed E-state index contributed by atoms with van der Waals surface area (Å²) in [6.07, 6.45) is 3.13. The number of thioether (sulfide) groups is 1. The number of furan rings is 1. The number of rotatable bonds is 3. The maximum atomic E-state index is 12.3. The summed E-state index contributed by atoms with van der Waals surface area (Å²) in [6.45, 7) is 0.289. The first-order chi connectivity index (χ1) is 10.1. The third-order valence-corrected chi connectivity index (χ3v) is 4.57. The highest BCUT2D eigenvalue weighted by molar-refractivity contribution is 14.1. The van der Waals surface area contributed by atoms with E-state index in [1.165, 1.54) is 11.2 Å². The van der Waals surface area contributed by atoms with Gasteiger partial charge in [-0.3, -0.25) is 14.5 Å². The van der Waals surface area contributed by atoms with Crippen molar-refractivity contribution in [1.82, 2.24) is 4.90 Å². The number of carbonyl (C=O) groups is 2. The fourth-order valence-electron chi connectivity index (χ4n) is 1.91. The van der Waals surface area contributed by atoms with Crippen molar-refractivity contribution in [2.45, 2.75) is 6.54 Å². The number of halogens is 1. The van der Waals surface area contributed by atoms with Crippen molar-refractivity contribution < 1.29 is 14.0 Å². The Bertz CT molecular complexity index is 707. The summed E-state index contributed by atoms with van der Waals surface area (Å²) < 4.78 is 6.29. The lowest BCUT2D eigenvalue weighted by molar-refractivity contribution is -0.123. The second kappa shape index (κ2) is 6.07. The quantitative estimate of drug-likeness (QED) is 0.563. The van der Waals surface area contributed by atoms with Crippen LogP contribution in [0, 0.1) is 3.57 Å². The van der Waals surface area contributed by atoms with E-state index < -0.39 is 0 Å². The molecule has 2 aromatic rings. The Hall–Kier alpha value is -1.54. The van der Waals surface area contributed by atoms with Crippen molar-refractivity contribution in [3.05, 3.63) is 62.5 Å². The third kappa shape index (κ3) is 3.21. The number of hydrogen-bond donors (Lipinski definition) is 0. The summed E-state index contributed by atoms with van der Waals surface area (Å²) in [7, 11) is 0. The maximum Gasteiger partial charge on any atom is 0.293 e. The van der Waals surface area contributed by atoms with Crippen molar-refractivity contribution in [3.8, 4) is 0 Å². The van der Waals surface area contributed by atoms with Gasteiger partial charge in [-0.15, -0.1) is 0 Å². The molecule has 4 nitrogen and oxygen atoms in total. The molecule has 0 N–H and O–H groups in total. The third-order valence-electron chi connectivity index (χ3n) is 2.94. The summed E-state index contributed by atoms with van der Waals surface area (Å²) in [5.74, 6) is 0.287. The highest BCUT2D eigenvalue weighted by Gasteiger charge is 2.35. The molecular formula is C15H10INO3S. The molecule has 21 heavy (non-hydrogen) atoms. The molecule has 6 heteroatoms. The zero-order valence-electron chi connectivity index (χ0n) is 10.8. The molecule has 2 amide bonds. The lowest BCUT2D eigenvalue weighted by atomic mass is 10.2. The van der Waals surface area contributed by atoms with Gasteiger partial charge in [0.1, 0.15) is 5.76 Å². The van der Waals surface area contributed by atoms with Crippen LogP contribution in [-0.4, -0.2) is 16.0 Å². The molecule has 0 bridgehead atoms. The van der Waals surface area contributed by atoms with Gasteiger partial charge in [-0.05, 0) is 64.2 Å². The fourth-order valence-corrected chi connectivity index (χ4v) is 3.09. The SMILES string of the molecule is O=C1S/C(=C\c2ccco2)C(=O)N1Cc1ccc(I)cc1. The average Bonchev–Trinajstić information content (AvgIpc) is 3.06. The summed E-state index contributed by atoms with van der Waals surface area (Å²) >= 11 is 3.15. The van der Waals surface area contributed by atoms with E-state index >= 15 is 0 Å². The van der Waals surface area contributed by atoms with E-state index in [0.29, 0.717) is 10.7 Å². The average molecular weight is 411 g/mol. The molecule has 1 aromatic carbocycles. The zero-order chi connectivity index (χ0) is 14.8. The van der Waals surface area contributed by atoms with E-state index in [-0.39, 0.29) is 17.7 Å². The number of amides is 2. The van der Waals surface area contributed by atoms with Gasteiger partial charge >= 0.3 is 0 Å².